The summed E-state index contributed by atoms with van der Waals surface area (Å²) in [4.78, 5) is 7.63. The standard InChI is InChI=1S/C25H43N5O.HI/c1-5-26-24(28-23-11-15-30(16-12-23)20(2)3)27-19-25(13-17-31-18-14-25)29-21(4)22-9-7-6-8-10-22;/h6-10,20-21,23,29H,5,11-19H2,1-4H3,(H2,26,27,28);1H. The zero-order valence-corrected chi connectivity index (χ0v) is 22.7. The molecule has 2 aliphatic rings. The van der Waals surface area contributed by atoms with E-state index in [2.05, 4.69) is 78.9 Å². The van der Waals surface area contributed by atoms with Crippen molar-refractivity contribution in [2.24, 2.45) is 4.99 Å². The summed E-state index contributed by atoms with van der Waals surface area (Å²) in [6.07, 6.45) is 4.31. The molecule has 2 saturated heterocycles. The maximum atomic E-state index is 5.69. The maximum Gasteiger partial charge on any atom is 0.191 e. The van der Waals surface area contributed by atoms with Crippen LogP contribution in [0.3, 0.4) is 0 Å². The first-order valence-corrected chi connectivity index (χ1v) is 12.2. The molecule has 1 unspecified atom stereocenters. The van der Waals surface area contributed by atoms with Gasteiger partial charge in [-0.1, -0.05) is 30.3 Å². The van der Waals surface area contributed by atoms with Gasteiger partial charge in [0.2, 0.25) is 0 Å². The third-order valence-corrected chi connectivity index (χ3v) is 6.76. The Balaban J connectivity index is 0.00000363. The summed E-state index contributed by atoms with van der Waals surface area (Å²) in [6, 6.07) is 12.1. The van der Waals surface area contributed by atoms with E-state index in [0.29, 0.717) is 12.1 Å². The minimum absolute atomic E-state index is 0. The highest BCUT2D eigenvalue weighted by Crippen LogP contribution is 2.26. The van der Waals surface area contributed by atoms with Gasteiger partial charge >= 0.3 is 0 Å². The summed E-state index contributed by atoms with van der Waals surface area (Å²) >= 11 is 0. The Morgan fingerprint density at radius 3 is 2.38 bits per heavy atom. The average Bonchev–Trinajstić information content (AvgIpc) is 2.79. The molecule has 0 spiro atoms. The molecule has 2 aliphatic heterocycles. The number of nitrogens with one attached hydrogen (secondary N) is 3. The summed E-state index contributed by atoms with van der Waals surface area (Å²) in [5, 5.41) is 11.1. The molecule has 0 radical (unpaired) electrons. The number of hydrogen-bond acceptors (Lipinski definition) is 4. The van der Waals surface area contributed by atoms with Crippen molar-refractivity contribution in [1.29, 1.82) is 0 Å². The van der Waals surface area contributed by atoms with Gasteiger partial charge in [-0.3, -0.25) is 4.99 Å². The lowest BCUT2D eigenvalue weighted by Crippen LogP contribution is -2.54. The smallest absolute Gasteiger partial charge is 0.191 e. The van der Waals surface area contributed by atoms with Crippen molar-refractivity contribution in [2.75, 3.05) is 39.4 Å². The number of nitrogens with zero attached hydrogens (tertiary/aromatic N) is 2. The van der Waals surface area contributed by atoms with Crippen LogP contribution in [0, 0.1) is 0 Å². The van der Waals surface area contributed by atoms with Gasteiger partial charge in [-0.2, -0.15) is 0 Å². The Morgan fingerprint density at radius 2 is 1.78 bits per heavy atom. The molecular formula is C25H44IN5O. The Morgan fingerprint density at radius 1 is 1.12 bits per heavy atom. The molecule has 2 heterocycles. The molecule has 182 valence electrons. The molecule has 0 saturated carbocycles. The van der Waals surface area contributed by atoms with Crippen LogP contribution in [0.25, 0.3) is 0 Å². The highest BCUT2D eigenvalue weighted by atomic mass is 127. The first kappa shape index (κ1) is 27.3. The van der Waals surface area contributed by atoms with Gasteiger partial charge in [-0.15, -0.1) is 24.0 Å². The number of ether oxygens (including phenoxy) is 1. The van der Waals surface area contributed by atoms with Gasteiger partial charge in [0.25, 0.3) is 0 Å². The molecule has 3 rings (SSSR count). The fourth-order valence-electron chi connectivity index (χ4n) is 4.70. The van der Waals surface area contributed by atoms with Crippen molar-refractivity contribution < 1.29 is 4.74 Å². The van der Waals surface area contributed by atoms with Crippen molar-refractivity contribution >= 4 is 29.9 Å². The lowest BCUT2D eigenvalue weighted by molar-refractivity contribution is 0.0374. The Labute approximate surface area is 212 Å². The van der Waals surface area contributed by atoms with Gasteiger partial charge < -0.3 is 25.6 Å². The topological polar surface area (TPSA) is 60.9 Å². The number of piperidine rings is 1. The number of benzene rings is 1. The number of aliphatic imine (C=N–C) groups is 1. The molecule has 0 amide bonds. The lowest BCUT2D eigenvalue weighted by atomic mass is 9.88. The zero-order valence-electron chi connectivity index (χ0n) is 20.4. The molecule has 1 aromatic carbocycles. The van der Waals surface area contributed by atoms with Crippen LogP contribution in [0.15, 0.2) is 35.3 Å². The molecule has 6 nitrogen and oxygen atoms in total. The van der Waals surface area contributed by atoms with Crippen LogP contribution < -0.4 is 16.0 Å². The van der Waals surface area contributed by atoms with Crippen LogP contribution in [0.5, 0.6) is 0 Å². The minimum atomic E-state index is -0.0309. The van der Waals surface area contributed by atoms with E-state index in [4.69, 9.17) is 9.73 Å². The first-order valence-electron chi connectivity index (χ1n) is 12.2. The van der Waals surface area contributed by atoms with Crippen LogP contribution in [0.1, 0.15) is 65.0 Å². The van der Waals surface area contributed by atoms with E-state index < -0.39 is 0 Å². The van der Waals surface area contributed by atoms with Crippen LogP contribution in [0.2, 0.25) is 0 Å². The van der Waals surface area contributed by atoms with Crippen LogP contribution in [-0.2, 0) is 4.74 Å². The molecule has 0 bridgehead atoms. The van der Waals surface area contributed by atoms with E-state index in [1.807, 2.05) is 0 Å². The number of rotatable bonds is 8. The third-order valence-electron chi connectivity index (χ3n) is 6.76. The predicted octanol–water partition coefficient (Wildman–Crippen LogP) is 3.93. The number of halogens is 1. The van der Waals surface area contributed by atoms with Crippen molar-refractivity contribution in [3.05, 3.63) is 35.9 Å². The summed E-state index contributed by atoms with van der Waals surface area (Å²) in [6.45, 7) is 14.5. The van der Waals surface area contributed by atoms with Gasteiger partial charge in [-0.25, -0.2) is 0 Å². The largest absolute Gasteiger partial charge is 0.381 e. The van der Waals surface area contributed by atoms with E-state index in [9.17, 15) is 0 Å². The molecule has 0 aliphatic carbocycles. The van der Waals surface area contributed by atoms with Gasteiger partial charge in [0.15, 0.2) is 5.96 Å². The molecule has 7 heteroatoms. The predicted molar refractivity (Wildman–Crippen MR) is 145 cm³/mol. The number of guanidine groups is 1. The first-order chi connectivity index (χ1) is 15.0. The molecular weight excluding hydrogens is 513 g/mol. The number of hydrogen-bond donors (Lipinski definition) is 3. The van der Waals surface area contributed by atoms with E-state index in [1.54, 1.807) is 0 Å². The zero-order chi connectivity index (χ0) is 22.1. The van der Waals surface area contributed by atoms with E-state index in [0.717, 1.165) is 58.2 Å². The van der Waals surface area contributed by atoms with Crippen molar-refractivity contribution in [3.63, 3.8) is 0 Å². The second-order valence-corrected chi connectivity index (χ2v) is 9.41. The molecule has 3 N–H and O–H groups in total. The van der Waals surface area contributed by atoms with Crippen LogP contribution in [-0.4, -0.2) is 67.9 Å². The summed E-state index contributed by atoms with van der Waals surface area (Å²) in [5.74, 6) is 0.950. The van der Waals surface area contributed by atoms with E-state index >= 15 is 0 Å². The Kier molecular flexibility index (Phi) is 11.7. The Bertz CT molecular complexity index is 670. The van der Waals surface area contributed by atoms with Crippen molar-refractivity contribution in [3.8, 4) is 0 Å². The highest BCUT2D eigenvalue weighted by Gasteiger charge is 2.34. The van der Waals surface area contributed by atoms with Gasteiger partial charge in [-0.05, 0) is 58.9 Å². The highest BCUT2D eigenvalue weighted by molar-refractivity contribution is 14.0. The molecule has 1 aromatic rings. The molecule has 2 fully saturated rings. The summed E-state index contributed by atoms with van der Waals surface area (Å²) in [7, 11) is 0. The quantitative estimate of drug-likeness (QED) is 0.257. The minimum Gasteiger partial charge on any atom is -0.381 e. The fourth-order valence-corrected chi connectivity index (χ4v) is 4.70. The SMILES string of the molecule is CCNC(=NCC1(NC(C)c2ccccc2)CCOCC1)NC1CCN(C(C)C)CC1.I. The summed E-state index contributed by atoms with van der Waals surface area (Å²) < 4.78 is 5.69. The Hall–Kier alpha value is -0.900. The van der Waals surface area contributed by atoms with E-state index in [-0.39, 0.29) is 35.6 Å². The molecule has 32 heavy (non-hydrogen) atoms. The number of likely N-dealkylation sites (tertiary alicyclic amines) is 1. The molecule has 0 aromatic heterocycles. The van der Waals surface area contributed by atoms with Crippen molar-refractivity contribution in [2.45, 2.75) is 77.0 Å². The van der Waals surface area contributed by atoms with Crippen LogP contribution >= 0.6 is 24.0 Å². The van der Waals surface area contributed by atoms with Gasteiger partial charge in [0.05, 0.1) is 6.54 Å². The average molecular weight is 558 g/mol. The molecule has 1 atom stereocenters. The fraction of sp³-hybridized carbons (Fsp3) is 0.720. The van der Waals surface area contributed by atoms with Gasteiger partial charge in [0.1, 0.15) is 0 Å². The van der Waals surface area contributed by atoms with Gasteiger partial charge in [0, 0.05) is 56.5 Å². The van der Waals surface area contributed by atoms with Crippen molar-refractivity contribution in [1.82, 2.24) is 20.9 Å². The van der Waals surface area contributed by atoms with E-state index in [1.165, 1.54) is 18.4 Å². The second kappa shape index (κ2) is 13.7. The normalized spacial score (nSPS) is 21.1. The lowest BCUT2D eigenvalue weighted by Gasteiger charge is -2.40. The van der Waals surface area contributed by atoms with Crippen LogP contribution in [0.4, 0.5) is 0 Å². The third kappa shape index (κ3) is 8.15. The summed E-state index contributed by atoms with van der Waals surface area (Å²) in [5.41, 5.74) is 1.29. The second-order valence-electron chi connectivity index (χ2n) is 9.41. The maximum absolute atomic E-state index is 5.69. The monoisotopic (exact) mass is 557 g/mol.